The van der Waals surface area contributed by atoms with Crippen molar-refractivity contribution in [2.75, 3.05) is 0 Å². The summed E-state index contributed by atoms with van der Waals surface area (Å²) in [6, 6.07) is 10.2. The van der Waals surface area contributed by atoms with E-state index in [1.54, 1.807) is 11.3 Å². The lowest BCUT2D eigenvalue weighted by molar-refractivity contribution is 0.0953. The maximum Gasteiger partial charge on any atom is 0.180 e. The third-order valence-electron chi connectivity index (χ3n) is 3.27. The summed E-state index contributed by atoms with van der Waals surface area (Å²) in [7, 11) is 0. The van der Waals surface area contributed by atoms with Crippen LogP contribution >= 0.6 is 27.3 Å². The summed E-state index contributed by atoms with van der Waals surface area (Å²) < 4.78 is 1.04. The van der Waals surface area contributed by atoms with E-state index >= 15 is 0 Å². The molecule has 3 rings (SSSR count). The van der Waals surface area contributed by atoms with Gasteiger partial charge in [-0.1, -0.05) is 24.3 Å². The first kappa shape index (κ1) is 11.2. The van der Waals surface area contributed by atoms with E-state index in [1.165, 1.54) is 16.0 Å². The van der Waals surface area contributed by atoms with E-state index in [9.17, 15) is 4.79 Å². The number of Topliss-reactive ketones (excluding diaryl/α,β-unsaturated/α-hetero) is 1. The Kier molecular flexibility index (Phi) is 2.68. The first-order valence-corrected chi connectivity index (χ1v) is 7.15. The molecule has 0 fully saturated rings. The van der Waals surface area contributed by atoms with Crippen LogP contribution < -0.4 is 0 Å². The number of halogens is 1. The van der Waals surface area contributed by atoms with Gasteiger partial charge in [-0.05, 0) is 46.5 Å². The molecule has 0 radical (unpaired) electrons. The molecule has 0 spiro atoms. The van der Waals surface area contributed by atoms with E-state index in [-0.39, 0.29) is 11.7 Å². The number of fused-ring (bicyclic) bond motifs is 1. The van der Waals surface area contributed by atoms with Gasteiger partial charge in [0, 0.05) is 9.35 Å². The van der Waals surface area contributed by atoms with E-state index < -0.39 is 0 Å². The van der Waals surface area contributed by atoms with Crippen LogP contribution in [0, 0.1) is 6.92 Å². The Morgan fingerprint density at radius 1 is 1.41 bits per heavy atom. The molecule has 1 atom stereocenters. The van der Waals surface area contributed by atoms with E-state index in [0.29, 0.717) is 0 Å². The monoisotopic (exact) mass is 306 g/mol. The van der Waals surface area contributed by atoms with Gasteiger partial charge in [-0.3, -0.25) is 4.79 Å². The molecular weight excluding hydrogens is 296 g/mol. The van der Waals surface area contributed by atoms with E-state index in [1.807, 2.05) is 25.1 Å². The average molecular weight is 307 g/mol. The number of hydrogen-bond donors (Lipinski definition) is 0. The lowest BCUT2D eigenvalue weighted by Crippen LogP contribution is -2.24. The summed E-state index contributed by atoms with van der Waals surface area (Å²) in [5.41, 5.74) is 2.53. The van der Waals surface area contributed by atoms with Crippen molar-refractivity contribution in [3.63, 3.8) is 0 Å². The topological polar surface area (TPSA) is 17.1 Å². The summed E-state index contributed by atoms with van der Waals surface area (Å²) in [5.74, 6) is 0.346. The second-order valence-corrected chi connectivity index (χ2v) is 6.45. The van der Waals surface area contributed by atoms with Crippen molar-refractivity contribution in [2.45, 2.75) is 19.3 Å². The minimum atomic E-state index is 0.0798. The number of ketones is 1. The average Bonchev–Trinajstić information content (AvgIpc) is 2.61. The second-order valence-electron chi connectivity index (χ2n) is 4.33. The number of aryl methyl sites for hydroxylation is 1. The molecule has 0 saturated carbocycles. The maximum absolute atomic E-state index is 12.3. The van der Waals surface area contributed by atoms with Gasteiger partial charge in [-0.25, -0.2) is 0 Å². The molecule has 1 heterocycles. The first-order chi connectivity index (χ1) is 8.16. The Balaban J connectivity index is 1.91. The van der Waals surface area contributed by atoms with Crippen LogP contribution in [0.1, 0.15) is 31.6 Å². The number of thiophene rings is 1. The van der Waals surface area contributed by atoms with Crippen LogP contribution in [-0.2, 0) is 6.42 Å². The summed E-state index contributed by atoms with van der Waals surface area (Å²) in [6.07, 6.45) is 0.892. The van der Waals surface area contributed by atoms with Gasteiger partial charge in [0.2, 0.25) is 0 Å². The highest BCUT2D eigenvalue weighted by Gasteiger charge is 2.33. The minimum Gasteiger partial charge on any atom is -0.293 e. The van der Waals surface area contributed by atoms with Gasteiger partial charge in [0.05, 0.1) is 10.8 Å². The molecule has 1 aromatic heterocycles. The van der Waals surface area contributed by atoms with Crippen molar-refractivity contribution in [1.29, 1.82) is 0 Å². The zero-order valence-electron chi connectivity index (χ0n) is 9.37. The molecule has 1 unspecified atom stereocenters. The predicted octanol–water partition coefficient (Wildman–Crippen LogP) is 4.34. The van der Waals surface area contributed by atoms with Gasteiger partial charge < -0.3 is 0 Å². The SMILES string of the molecule is Cc1sc(C(=O)C2Cc3ccccc32)cc1Br. The lowest BCUT2D eigenvalue weighted by Gasteiger charge is -2.28. The van der Waals surface area contributed by atoms with E-state index in [0.717, 1.165) is 15.8 Å². The van der Waals surface area contributed by atoms with Crippen molar-refractivity contribution in [3.8, 4) is 0 Å². The summed E-state index contributed by atoms with van der Waals surface area (Å²) in [4.78, 5) is 14.4. The number of carbonyl (C=O) groups is 1. The molecule has 0 saturated heterocycles. The smallest absolute Gasteiger partial charge is 0.180 e. The number of hydrogen-bond acceptors (Lipinski definition) is 2. The van der Waals surface area contributed by atoms with Crippen LogP contribution in [0.25, 0.3) is 0 Å². The van der Waals surface area contributed by atoms with Gasteiger partial charge in [0.1, 0.15) is 0 Å². The molecule has 17 heavy (non-hydrogen) atoms. The highest BCUT2D eigenvalue weighted by molar-refractivity contribution is 9.10. The normalized spacial score (nSPS) is 17.4. The van der Waals surface area contributed by atoms with Gasteiger partial charge >= 0.3 is 0 Å². The lowest BCUT2D eigenvalue weighted by atomic mass is 9.75. The molecule has 3 heteroatoms. The molecule has 0 N–H and O–H groups in total. The fourth-order valence-electron chi connectivity index (χ4n) is 2.25. The molecule has 1 aromatic carbocycles. The molecule has 0 aliphatic heterocycles. The fourth-order valence-corrected chi connectivity index (χ4v) is 3.77. The third kappa shape index (κ3) is 1.78. The number of benzene rings is 1. The van der Waals surface area contributed by atoms with Crippen LogP contribution in [0.2, 0.25) is 0 Å². The Morgan fingerprint density at radius 2 is 2.18 bits per heavy atom. The molecule has 0 bridgehead atoms. The van der Waals surface area contributed by atoms with Crippen LogP contribution in [0.15, 0.2) is 34.8 Å². The Morgan fingerprint density at radius 3 is 2.82 bits per heavy atom. The fraction of sp³-hybridized carbons (Fsp3) is 0.214. The Labute approximate surface area is 113 Å². The van der Waals surface area contributed by atoms with Crippen molar-refractivity contribution >= 4 is 33.0 Å². The third-order valence-corrected chi connectivity index (χ3v) is 5.42. The predicted molar refractivity (Wildman–Crippen MR) is 74.0 cm³/mol. The van der Waals surface area contributed by atoms with Gasteiger partial charge in [0.25, 0.3) is 0 Å². The van der Waals surface area contributed by atoms with E-state index in [2.05, 4.69) is 28.1 Å². The zero-order chi connectivity index (χ0) is 12.0. The Hall–Kier alpha value is -0.930. The van der Waals surface area contributed by atoms with E-state index in [4.69, 9.17) is 0 Å². The van der Waals surface area contributed by atoms with Gasteiger partial charge in [-0.15, -0.1) is 11.3 Å². The van der Waals surface area contributed by atoms with Crippen molar-refractivity contribution in [3.05, 3.63) is 55.7 Å². The van der Waals surface area contributed by atoms with Gasteiger partial charge in [-0.2, -0.15) is 0 Å². The second kappa shape index (κ2) is 4.07. The molecule has 0 amide bonds. The quantitative estimate of drug-likeness (QED) is 0.754. The van der Waals surface area contributed by atoms with Crippen molar-refractivity contribution in [2.24, 2.45) is 0 Å². The number of rotatable bonds is 2. The highest BCUT2D eigenvalue weighted by Crippen LogP contribution is 2.39. The standard InChI is InChI=1S/C14H11BrOS/c1-8-12(15)7-13(17-8)14(16)11-6-9-4-2-3-5-10(9)11/h2-5,7,11H,6H2,1H3. The van der Waals surface area contributed by atoms with Crippen LogP contribution in [0.5, 0.6) is 0 Å². The zero-order valence-corrected chi connectivity index (χ0v) is 11.8. The maximum atomic E-state index is 12.3. The van der Waals surface area contributed by atoms with Crippen LogP contribution in [-0.4, -0.2) is 5.78 Å². The first-order valence-electron chi connectivity index (χ1n) is 5.55. The van der Waals surface area contributed by atoms with Crippen molar-refractivity contribution < 1.29 is 4.79 Å². The molecule has 1 aliphatic carbocycles. The molecular formula is C14H11BrOS. The molecule has 1 aliphatic rings. The highest BCUT2D eigenvalue weighted by atomic mass is 79.9. The summed E-state index contributed by atoms with van der Waals surface area (Å²) >= 11 is 5.04. The van der Waals surface area contributed by atoms with Crippen LogP contribution in [0.4, 0.5) is 0 Å². The number of carbonyl (C=O) groups excluding carboxylic acids is 1. The molecule has 1 nitrogen and oxygen atoms in total. The van der Waals surface area contributed by atoms with Crippen molar-refractivity contribution in [1.82, 2.24) is 0 Å². The molecule has 86 valence electrons. The molecule has 2 aromatic rings. The van der Waals surface area contributed by atoms with Gasteiger partial charge in [0.15, 0.2) is 5.78 Å². The van der Waals surface area contributed by atoms with Crippen LogP contribution in [0.3, 0.4) is 0 Å². The Bertz CT molecular complexity index is 581. The summed E-state index contributed by atoms with van der Waals surface area (Å²) in [5, 5.41) is 0. The summed E-state index contributed by atoms with van der Waals surface area (Å²) in [6.45, 7) is 2.03. The largest absolute Gasteiger partial charge is 0.293 e. The minimum absolute atomic E-state index is 0.0798.